The molecule has 2 aliphatic rings. The molecule has 152 valence electrons. The van der Waals surface area contributed by atoms with Crippen molar-refractivity contribution in [2.24, 2.45) is 5.92 Å². The van der Waals surface area contributed by atoms with E-state index in [0.29, 0.717) is 12.3 Å². The highest BCUT2D eigenvalue weighted by Crippen LogP contribution is 2.35. The normalized spacial score (nSPS) is 21.1. The van der Waals surface area contributed by atoms with Crippen LogP contribution in [-0.4, -0.2) is 29.9 Å². The lowest BCUT2D eigenvalue weighted by molar-refractivity contribution is -0.121. The van der Waals surface area contributed by atoms with Crippen LogP contribution in [0.4, 0.5) is 5.69 Å². The summed E-state index contributed by atoms with van der Waals surface area (Å²) < 4.78 is 6.15. The molecule has 2 aromatic rings. The quantitative estimate of drug-likeness (QED) is 0.709. The zero-order valence-corrected chi connectivity index (χ0v) is 18.3. The van der Waals surface area contributed by atoms with Gasteiger partial charge in [0.2, 0.25) is 5.91 Å². The molecule has 6 heteroatoms. The average Bonchev–Trinajstić information content (AvgIpc) is 3.07. The minimum Gasteiger partial charge on any atom is -0.495 e. The van der Waals surface area contributed by atoms with Gasteiger partial charge in [-0.1, -0.05) is 12.1 Å². The van der Waals surface area contributed by atoms with Crippen LogP contribution >= 0.6 is 15.9 Å². The maximum atomic E-state index is 12.8. The van der Waals surface area contributed by atoms with Gasteiger partial charge in [-0.05, 0) is 77.9 Å². The Kier molecular flexibility index (Phi) is 5.63. The topological polar surface area (TPSA) is 58.6 Å². The number of ether oxygens (including phenoxy) is 1. The maximum Gasteiger partial charge on any atom is 0.254 e. The summed E-state index contributed by atoms with van der Waals surface area (Å²) in [4.78, 5) is 27.6. The van der Waals surface area contributed by atoms with Crippen LogP contribution in [0.25, 0.3) is 0 Å². The van der Waals surface area contributed by atoms with Gasteiger partial charge in [0.05, 0.1) is 11.6 Å². The average molecular weight is 457 g/mol. The summed E-state index contributed by atoms with van der Waals surface area (Å²) in [7, 11) is 1.60. The molecule has 1 aliphatic carbocycles. The van der Waals surface area contributed by atoms with E-state index >= 15 is 0 Å². The number of amides is 2. The number of hydrogen-bond donors (Lipinski definition) is 1. The molecule has 0 radical (unpaired) electrons. The van der Waals surface area contributed by atoms with Gasteiger partial charge in [-0.25, -0.2) is 0 Å². The van der Waals surface area contributed by atoms with Gasteiger partial charge in [-0.2, -0.15) is 0 Å². The minimum atomic E-state index is -0.0253. The number of benzene rings is 2. The van der Waals surface area contributed by atoms with Crippen molar-refractivity contribution < 1.29 is 14.3 Å². The van der Waals surface area contributed by atoms with Crippen molar-refractivity contribution in [3.63, 3.8) is 0 Å². The van der Waals surface area contributed by atoms with Gasteiger partial charge >= 0.3 is 0 Å². The lowest BCUT2D eigenvalue weighted by atomic mass is 9.84. The third-order valence-corrected chi connectivity index (χ3v) is 6.81. The van der Waals surface area contributed by atoms with Crippen LogP contribution in [0.1, 0.15) is 47.2 Å². The predicted molar refractivity (Wildman–Crippen MR) is 116 cm³/mol. The van der Waals surface area contributed by atoms with Crippen LogP contribution in [0.5, 0.6) is 5.75 Å². The van der Waals surface area contributed by atoms with Crippen molar-refractivity contribution in [2.75, 3.05) is 12.4 Å². The van der Waals surface area contributed by atoms with Crippen LogP contribution in [0.3, 0.4) is 0 Å². The smallest absolute Gasteiger partial charge is 0.254 e. The van der Waals surface area contributed by atoms with E-state index in [2.05, 4.69) is 34.2 Å². The molecule has 0 spiro atoms. The molecule has 0 aromatic heterocycles. The Morgan fingerprint density at radius 1 is 1.17 bits per heavy atom. The molecule has 2 amide bonds. The van der Waals surface area contributed by atoms with Gasteiger partial charge < -0.3 is 15.0 Å². The molecule has 0 bridgehead atoms. The van der Waals surface area contributed by atoms with Crippen molar-refractivity contribution in [1.29, 1.82) is 0 Å². The number of fused-ring (bicyclic) bond motifs is 1. The van der Waals surface area contributed by atoms with E-state index in [4.69, 9.17) is 4.74 Å². The van der Waals surface area contributed by atoms with Crippen LogP contribution in [-0.2, 0) is 11.3 Å². The number of anilines is 1. The van der Waals surface area contributed by atoms with Crippen molar-refractivity contribution in [3.05, 3.63) is 57.6 Å². The van der Waals surface area contributed by atoms with E-state index < -0.39 is 0 Å². The molecule has 29 heavy (non-hydrogen) atoms. The second kappa shape index (κ2) is 8.19. The summed E-state index contributed by atoms with van der Waals surface area (Å²) in [5.74, 6) is 0.842. The lowest BCUT2D eigenvalue weighted by Gasteiger charge is -2.34. The van der Waals surface area contributed by atoms with Crippen molar-refractivity contribution in [1.82, 2.24) is 4.90 Å². The number of rotatable bonds is 4. The fourth-order valence-corrected chi connectivity index (χ4v) is 4.84. The number of carbonyl (C=O) groups excluding carboxylic acids is 2. The Bertz CT molecular complexity index is 951. The fourth-order valence-electron chi connectivity index (χ4n) is 4.44. The number of carbonyl (C=O) groups is 2. The summed E-state index contributed by atoms with van der Waals surface area (Å²) in [5, 5.41) is 3.01. The Morgan fingerprint density at radius 2 is 1.93 bits per heavy atom. The predicted octanol–water partition coefficient (Wildman–Crippen LogP) is 4.92. The van der Waals surface area contributed by atoms with Crippen molar-refractivity contribution in [2.45, 2.75) is 45.2 Å². The fraction of sp³-hybridized carbons (Fsp3) is 0.391. The highest BCUT2D eigenvalue weighted by Gasteiger charge is 2.36. The van der Waals surface area contributed by atoms with Gasteiger partial charge in [0.25, 0.3) is 5.91 Å². The molecule has 2 aromatic carbocycles. The van der Waals surface area contributed by atoms with Crippen LogP contribution in [0.2, 0.25) is 0 Å². The van der Waals surface area contributed by atoms with Gasteiger partial charge in [-0.15, -0.1) is 0 Å². The first-order chi connectivity index (χ1) is 14.0. The summed E-state index contributed by atoms with van der Waals surface area (Å²) >= 11 is 3.42. The Balaban J connectivity index is 1.36. The molecule has 1 N–H and O–H groups in total. The first-order valence-electron chi connectivity index (χ1n) is 10.0. The number of nitrogens with one attached hydrogen (secondary N) is 1. The number of hydrogen-bond acceptors (Lipinski definition) is 3. The van der Waals surface area contributed by atoms with E-state index in [9.17, 15) is 9.59 Å². The second-order valence-corrected chi connectivity index (χ2v) is 8.73. The van der Waals surface area contributed by atoms with Gasteiger partial charge in [0, 0.05) is 35.8 Å². The van der Waals surface area contributed by atoms with Gasteiger partial charge in [0.1, 0.15) is 5.75 Å². The van der Waals surface area contributed by atoms with E-state index in [1.165, 1.54) is 5.56 Å². The first-order valence-corrected chi connectivity index (χ1v) is 10.8. The zero-order valence-electron chi connectivity index (χ0n) is 16.7. The number of halogens is 1. The summed E-state index contributed by atoms with van der Waals surface area (Å²) in [6, 6.07) is 11.7. The number of aryl methyl sites for hydroxylation is 1. The standard InChI is InChI=1S/C23H25BrN2O3/c1-14-4-3-5-18-19(14)13-26(23(18)28)17-9-6-15(7-10-17)22(27)25-16-8-11-20(24)21(12-16)29-2/h3-5,8,11-12,15,17H,6-7,9-10,13H2,1-2H3,(H,25,27). The molecule has 5 nitrogen and oxygen atoms in total. The van der Waals surface area contributed by atoms with Crippen LogP contribution in [0.15, 0.2) is 40.9 Å². The molecule has 1 heterocycles. The third-order valence-electron chi connectivity index (χ3n) is 6.16. The Hall–Kier alpha value is -2.34. The molecule has 1 aliphatic heterocycles. The van der Waals surface area contributed by atoms with Crippen molar-refractivity contribution >= 4 is 33.4 Å². The number of nitrogens with zero attached hydrogens (tertiary/aromatic N) is 1. The summed E-state index contributed by atoms with van der Waals surface area (Å²) in [5.41, 5.74) is 3.91. The zero-order chi connectivity index (χ0) is 20.5. The van der Waals surface area contributed by atoms with E-state index in [1.54, 1.807) is 7.11 Å². The van der Waals surface area contributed by atoms with Crippen LogP contribution < -0.4 is 10.1 Å². The second-order valence-electron chi connectivity index (χ2n) is 7.88. The largest absolute Gasteiger partial charge is 0.495 e. The van der Waals surface area contributed by atoms with E-state index in [-0.39, 0.29) is 23.8 Å². The monoisotopic (exact) mass is 456 g/mol. The maximum absolute atomic E-state index is 12.8. The summed E-state index contributed by atoms with van der Waals surface area (Å²) in [6.45, 7) is 2.76. The lowest BCUT2D eigenvalue weighted by Crippen LogP contribution is -2.40. The minimum absolute atomic E-state index is 0.0253. The van der Waals surface area contributed by atoms with E-state index in [1.807, 2.05) is 35.2 Å². The van der Waals surface area contributed by atoms with Gasteiger partial charge in [-0.3, -0.25) is 9.59 Å². The summed E-state index contributed by atoms with van der Waals surface area (Å²) in [6.07, 6.45) is 3.31. The molecule has 0 saturated heterocycles. The molecule has 4 rings (SSSR count). The first kappa shape index (κ1) is 20.0. The van der Waals surface area contributed by atoms with Gasteiger partial charge in [0.15, 0.2) is 0 Å². The Morgan fingerprint density at radius 3 is 2.62 bits per heavy atom. The highest BCUT2D eigenvalue weighted by atomic mass is 79.9. The molecule has 1 saturated carbocycles. The van der Waals surface area contributed by atoms with Crippen LogP contribution in [0, 0.1) is 12.8 Å². The Labute approximate surface area is 179 Å². The van der Waals surface area contributed by atoms with E-state index in [0.717, 1.165) is 47.0 Å². The highest BCUT2D eigenvalue weighted by molar-refractivity contribution is 9.10. The molecule has 0 atom stereocenters. The molecule has 0 unspecified atom stereocenters. The third kappa shape index (κ3) is 3.90. The molecular formula is C23H25BrN2O3. The number of methoxy groups -OCH3 is 1. The molecule has 1 fully saturated rings. The SMILES string of the molecule is COc1cc(NC(=O)C2CCC(N3Cc4c(C)cccc4C3=O)CC2)ccc1Br. The van der Waals surface area contributed by atoms with Crippen molar-refractivity contribution in [3.8, 4) is 5.75 Å². The molecular weight excluding hydrogens is 432 g/mol.